The lowest BCUT2D eigenvalue weighted by atomic mass is 10.0. The molecule has 102 valence electrons. The highest BCUT2D eigenvalue weighted by atomic mass is 79.9. The average Bonchev–Trinajstić information content (AvgIpc) is 2.38. The van der Waals surface area contributed by atoms with Gasteiger partial charge in [-0.25, -0.2) is 0 Å². The van der Waals surface area contributed by atoms with Gasteiger partial charge in [-0.3, -0.25) is 0 Å². The number of hydrogen-bond acceptors (Lipinski definition) is 3. The average molecular weight is 336 g/mol. The SMILES string of the molecule is CC(CO)C(C)NC(CN)c1ccc(Br)c(Cl)c1. The van der Waals surface area contributed by atoms with Gasteiger partial charge in [-0.1, -0.05) is 24.6 Å². The lowest BCUT2D eigenvalue weighted by Gasteiger charge is -2.26. The largest absolute Gasteiger partial charge is 0.396 e. The highest BCUT2D eigenvalue weighted by Crippen LogP contribution is 2.26. The summed E-state index contributed by atoms with van der Waals surface area (Å²) >= 11 is 9.45. The molecule has 0 aliphatic heterocycles. The molecule has 0 saturated carbocycles. The van der Waals surface area contributed by atoms with Gasteiger partial charge in [0.25, 0.3) is 0 Å². The molecule has 5 heteroatoms. The van der Waals surface area contributed by atoms with Crippen LogP contribution >= 0.6 is 27.5 Å². The molecule has 0 spiro atoms. The van der Waals surface area contributed by atoms with Crippen molar-refractivity contribution in [3.05, 3.63) is 33.3 Å². The number of rotatable bonds is 6. The van der Waals surface area contributed by atoms with Crippen molar-refractivity contribution in [1.82, 2.24) is 5.32 Å². The van der Waals surface area contributed by atoms with Crippen molar-refractivity contribution < 1.29 is 5.11 Å². The zero-order chi connectivity index (χ0) is 13.7. The zero-order valence-electron chi connectivity index (χ0n) is 10.7. The zero-order valence-corrected chi connectivity index (χ0v) is 13.0. The minimum Gasteiger partial charge on any atom is -0.396 e. The molecule has 0 aliphatic rings. The predicted molar refractivity (Wildman–Crippen MR) is 79.8 cm³/mol. The van der Waals surface area contributed by atoms with Gasteiger partial charge >= 0.3 is 0 Å². The molecular weight excluding hydrogens is 316 g/mol. The van der Waals surface area contributed by atoms with Crippen molar-refractivity contribution in [2.45, 2.75) is 25.9 Å². The summed E-state index contributed by atoms with van der Waals surface area (Å²) in [5.74, 6) is 0.185. The van der Waals surface area contributed by atoms with Crippen molar-refractivity contribution >= 4 is 27.5 Å². The maximum Gasteiger partial charge on any atom is 0.0551 e. The summed E-state index contributed by atoms with van der Waals surface area (Å²) in [4.78, 5) is 0. The van der Waals surface area contributed by atoms with Crippen molar-refractivity contribution in [3.63, 3.8) is 0 Å². The van der Waals surface area contributed by atoms with Gasteiger partial charge in [0, 0.05) is 29.7 Å². The van der Waals surface area contributed by atoms with Crippen LogP contribution in [-0.2, 0) is 0 Å². The molecule has 1 aromatic carbocycles. The quantitative estimate of drug-likeness (QED) is 0.749. The van der Waals surface area contributed by atoms with Gasteiger partial charge in [0.05, 0.1) is 5.02 Å². The van der Waals surface area contributed by atoms with Gasteiger partial charge in [0.2, 0.25) is 0 Å². The van der Waals surface area contributed by atoms with Crippen LogP contribution in [0, 0.1) is 5.92 Å². The lowest BCUT2D eigenvalue weighted by molar-refractivity contribution is 0.201. The van der Waals surface area contributed by atoms with Crippen LogP contribution in [0.5, 0.6) is 0 Å². The van der Waals surface area contributed by atoms with E-state index in [0.29, 0.717) is 11.6 Å². The van der Waals surface area contributed by atoms with Gasteiger partial charge in [0.1, 0.15) is 0 Å². The Morgan fingerprint density at radius 1 is 1.44 bits per heavy atom. The molecule has 1 rings (SSSR count). The molecule has 0 bridgehead atoms. The fourth-order valence-electron chi connectivity index (χ4n) is 1.67. The number of hydrogen-bond donors (Lipinski definition) is 3. The van der Waals surface area contributed by atoms with Crippen LogP contribution < -0.4 is 11.1 Å². The smallest absolute Gasteiger partial charge is 0.0551 e. The Labute approximate surface area is 122 Å². The summed E-state index contributed by atoms with van der Waals surface area (Å²) in [5.41, 5.74) is 6.86. The molecule has 0 saturated heterocycles. The van der Waals surface area contributed by atoms with E-state index in [-0.39, 0.29) is 24.6 Å². The van der Waals surface area contributed by atoms with Crippen LogP contribution in [0.3, 0.4) is 0 Å². The van der Waals surface area contributed by atoms with E-state index >= 15 is 0 Å². The molecule has 18 heavy (non-hydrogen) atoms. The van der Waals surface area contributed by atoms with E-state index in [4.69, 9.17) is 22.4 Å². The maximum absolute atomic E-state index is 9.14. The molecule has 0 fully saturated rings. The van der Waals surface area contributed by atoms with E-state index in [1.165, 1.54) is 0 Å². The monoisotopic (exact) mass is 334 g/mol. The van der Waals surface area contributed by atoms with Gasteiger partial charge in [-0.2, -0.15) is 0 Å². The van der Waals surface area contributed by atoms with E-state index < -0.39 is 0 Å². The number of halogens is 2. The van der Waals surface area contributed by atoms with E-state index in [9.17, 15) is 0 Å². The first-order chi connectivity index (χ1) is 8.49. The molecule has 0 amide bonds. The molecule has 1 aromatic rings. The van der Waals surface area contributed by atoms with E-state index in [1.807, 2.05) is 32.0 Å². The number of nitrogens with two attached hydrogens (primary N) is 1. The molecule has 0 aliphatic carbocycles. The Kier molecular flexibility index (Phi) is 6.60. The molecule has 0 radical (unpaired) electrons. The first kappa shape index (κ1) is 15.9. The third-order valence-corrected chi connectivity index (χ3v) is 4.42. The van der Waals surface area contributed by atoms with Crippen LogP contribution in [0.2, 0.25) is 5.02 Å². The molecule has 4 N–H and O–H groups in total. The maximum atomic E-state index is 9.14. The summed E-state index contributed by atoms with van der Waals surface area (Å²) in [5, 5.41) is 13.2. The molecule has 3 atom stereocenters. The Balaban J connectivity index is 2.79. The van der Waals surface area contributed by atoms with Crippen LogP contribution in [0.15, 0.2) is 22.7 Å². The molecule has 0 heterocycles. The summed E-state index contributed by atoms with van der Waals surface area (Å²) in [6, 6.07) is 6.05. The van der Waals surface area contributed by atoms with Crippen LogP contribution in [-0.4, -0.2) is 24.3 Å². The van der Waals surface area contributed by atoms with Crippen LogP contribution in [0.1, 0.15) is 25.5 Å². The highest BCUT2D eigenvalue weighted by Gasteiger charge is 2.17. The van der Waals surface area contributed by atoms with Crippen LogP contribution in [0.4, 0.5) is 0 Å². The highest BCUT2D eigenvalue weighted by molar-refractivity contribution is 9.10. The van der Waals surface area contributed by atoms with Crippen molar-refractivity contribution in [2.75, 3.05) is 13.2 Å². The minimum atomic E-state index is 0.0413. The first-order valence-corrected chi connectivity index (χ1v) is 7.18. The summed E-state index contributed by atoms with van der Waals surface area (Å²) in [6.45, 7) is 4.69. The van der Waals surface area contributed by atoms with Gasteiger partial charge in [0.15, 0.2) is 0 Å². The third-order valence-electron chi connectivity index (χ3n) is 3.19. The number of aliphatic hydroxyl groups excluding tert-OH is 1. The van der Waals surface area contributed by atoms with Crippen molar-refractivity contribution in [1.29, 1.82) is 0 Å². The first-order valence-electron chi connectivity index (χ1n) is 6.01. The minimum absolute atomic E-state index is 0.0413. The standard InChI is InChI=1S/C13H20BrClN2O/c1-8(7-18)9(2)17-13(6-16)10-3-4-11(14)12(15)5-10/h3-5,8-9,13,17-18H,6-7,16H2,1-2H3. The summed E-state index contributed by atoms with van der Waals surface area (Å²) in [7, 11) is 0. The molecule has 3 nitrogen and oxygen atoms in total. The van der Waals surface area contributed by atoms with E-state index in [1.54, 1.807) is 0 Å². The van der Waals surface area contributed by atoms with Gasteiger partial charge < -0.3 is 16.2 Å². The Morgan fingerprint density at radius 3 is 2.61 bits per heavy atom. The predicted octanol–water partition coefficient (Wildman–Crippen LogP) is 2.71. The Morgan fingerprint density at radius 2 is 2.11 bits per heavy atom. The Hall–Kier alpha value is -0.130. The van der Waals surface area contributed by atoms with Crippen molar-refractivity contribution in [3.8, 4) is 0 Å². The summed E-state index contributed by atoms with van der Waals surface area (Å²) < 4.78 is 0.875. The fourth-order valence-corrected chi connectivity index (χ4v) is 2.10. The van der Waals surface area contributed by atoms with Gasteiger partial charge in [-0.05, 0) is 46.5 Å². The molecule has 3 unspecified atom stereocenters. The second-order valence-electron chi connectivity index (χ2n) is 4.58. The van der Waals surface area contributed by atoms with Gasteiger partial charge in [-0.15, -0.1) is 0 Å². The second-order valence-corrected chi connectivity index (χ2v) is 5.84. The fraction of sp³-hybridized carbons (Fsp3) is 0.538. The summed E-state index contributed by atoms with van der Waals surface area (Å²) in [6.07, 6.45) is 0. The second kappa shape index (κ2) is 7.46. The lowest BCUT2D eigenvalue weighted by Crippen LogP contribution is -2.39. The topological polar surface area (TPSA) is 58.3 Å². The molecule has 0 aromatic heterocycles. The van der Waals surface area contributed by atoms with E-state index in [0.717, 1.165) is 10.0 Å². The van der Waals surface area contributed by atoms with E-state index in [2.05, 4.69) is 21.2 Å². The van der Waals surface area contributed by atoms with Crippen molar-refractivity contribution in [2.24, 2.45) is 11.7 Å². The van der Waals surface area contributed by atoms with Crippen LogP contribution in [0.25, 0.3) is 0 Å². The molecular formula is C13H20BrClN2O. The number of aliphatic hydroxyl groups is 1. The number of benzene rings is 1. The Bertz CT molecular complexity index is 389. The number of nitrogens with one attached hydrogen (secondary N) is 1. The normalized spacial score (nSPS) is 16.3. The third kappa shape index (κ3) is 4.21.